The predicted molar refractivity (Wildman–Crippen MR) is 41.8 cm³/mol. The third-order valence-corrected chi connectivity index (χ3v) is 2.04. The van der Waals surface area contributed by atoms with Crippen LogP contribution >= 0.6 is 11.6 Å². The molecular formula is C5H9ClO3Si. The van der Waals surface area contributed by atoms with Crippen LogP contribution in [-0.2, 0) is 14.3 Å². The SMILES string of the molecule is COC([SiH3])=C(OC)C(=O)Cl. The highest BCUT2D eigenvalue weighted by Gasteiger charge is 2.09. The highest BCUT2D eigenvalue weighted by Crippen LogP contribution is 2.05. The van der Waals surface area contributed by atoms with Gasteiger partial charge >= 0.3 is 0 Å². The summed E-state index contributed by atoms with van der Waals surface area (Å²) in [5.41, 5.74) is 0. The molecule has 0 heterocycles. The molecule has 0 saturated carbocycles. The van der Waals surface area contributed by atoms with E-state index in [1.807, 2.05) is 0 Å². The van der Waals surface area contributed by atoms with Crippen molar-refractivity contribution in [1.82, 2.24) is 0 Å². The van der Waals surface area contributed by atoms with Gasteiger partial charge in [-0.25, -0.2) is 0 Å². The molecule has 0 fully saturated rings. The van der Waals surface area contributed by atoms with Gasteiger partial charge in [0.2, 0.25) is 5.76 Å². The van der Waals surface area contributed by atoms with E-state index < -0.39 is 5.24 Å². The van der Waals surface area contributed by atoms with Crippen LogP contribution in [0.15, 0.2) is 11.1 Å². The van der Waals surface area contributed by atoms with Crippen LogP contribution in [-0.4, -0.2) is 29.7 Å². The van der Waals surface area contributed by atoms with Gasteiger partial charge < -0.3 is 9.47 Å². The Balaban J connectivity index is 4.45. The first-order chi connectivity index (χ1) is 4.63. The van der Waals surface area contributed by atoms with Crippen LogP contribution in [0.4, 0.5) is 0 Å². The number of rotatable bonds is 3. The highest BCUT2D eigenvalue weighted by molar-refractivity contribution is 6.67. The Hall–Kier alpha value is -0.483. The van der Waals surface area contributed by atoms with Crippen LogP contribution in [0.3, 0.4) is 0 Å². The minimum atomic E-state index is -0.616. The van der Waals surface area contributed by atoms with Crippen LogP contribution < -0.4 is 0 Å². The van der Waals surface area contributed by atoms with E-state index in [-0.39, 0.29) is 5.76 Å². The van der Waals surface area contributed by atoms with Crippen molar-refractivity contribution in [2.75, 3.05) is 14.2 Å². The van der Waals surface area contributed by atoms with Gasteiger partial charge in [-0.05, 0) is 11.6 Å². The van der Waals surface area contributed by atoms with Gasteiger partial charge in [-0.3, -0.25) is 4.79 Å². The lowest BCUT2D eigenvalue weighted by Crippen LogP contribution is -2.03. The molecule has 5 heteroatoms. The normalized spacial score (nSPS) is 12.3. The Bertz CT molecular complexity index is 166. The van der Waals surface area contributed by atoms with Crippen molar-refractivity contribution in [1.29, 1.82) is 0 Å². The largest absolute Gasteiger partial charge is 0.503 e. The number of carbonyl (C=O) groups excluding carboxylic acids is 1. The summed E-state index contributed by atoms with van der Waals surface area (Å²) in [7, 11) is 3.46. The van der Waals surface area contributed by atoms with E-state index in [1.165, 1.54) is 14.2 Å². The molecule has 0 aliphatic rings. The molecule has 0 aromatic carbocycles. The number of hydrogen-bond acceptors (Lipinski definition) is 3. The van der Waals surface area contributed by atoms with Crippen molar-refractivity contribution in [2.45, 2.75) is 0 Å². The number of allylic oxidation sites excluding steroid dienone is 1. The van der Waals surface area contributed by atoms with E-state index in [9.17, 15) is 4.79 Å². The standard InChI is InChI=1S/C5H9ClO3Si/c1-8-3(4(6)7)5(10)9-2/h1-2,10H3. The fraction of sp³-hybridized carbons (Fsp3) is 0.400. The molecule has 0 rings (SSSR count). The van der Waals surface area contributed by atoms with Gasteiger partial charge in [0.05, 0.1) is 24.5 Å². The van der Waals surface area contributed by atoms with Gasteiger partial charge in [0.15, 0.2) is 0 Å². The Morgan fingerprint density at radius 1 is 1.40 bits per heavy atom. The summed E-state index contributed by atoms with van der Waals surface area (Å²) < 4.78 is 9.45. The molecule has 0 bridgehead atoms. The van der Waals surface area contributed by atoms with Crippen LogP contribution in [0, 0.1) is 0 Å². The first-order valence-corrected chi connectivity index (χ1v) is 4.00. The van der Waals surface area contributed by atoms with Crippen LogP contribution in [0.25, 0.3) is 0 Å². The molecule has 0 aliphatic carbocycles. The molecule has 0 amide bonds. The van der Waals surface area contributed by atoms with E-state index in [1.54, 1.807) is 0 Å². The molecule has 3 nitrogen and oxygen atoms in total. The molecule has 0 aliphatic heterocycles. The lowest BCUT2D eigenvalue weighted by molar-refractivity contribution is -0.111. The smallest absolute Gasteiger partial charge is 0.290 e. The Morgan fingerprint density at radius 3 is 2.00 bits per heavy atom. The quantitative estimate of drug-likeness (QED) is 0.256. The lowest BCUT2D eigenvalue weighted by Gasteiger charge is -2.04. The molecule has 0 atom stereocenters. The summed E-state index contributed by atoms with van der Waals surface area (Å²) in [5, 5.41) is -0.100. The van der Waals surface area contributed by atoms with Gasteiger partial charge in [-0.15, -0.1) is 0 Å². The Labute approximate surface area is 67.4 Å². The van der Waals surface area contributed by atoms with Gasteiger partial charge in [0.1, 0.15) is 5.38 Å². The van der Waals surface area contributed by atoms with Crippen LogP contribution in [0.5, 0.6) is 0 Å². The van der Waals surface area contributed by atoms with Crippen molar-refractivity contribution >= 4 is 27.1 Å². The predicted octanol–water partition coefficient (Wildman–Crippen LogP) is -0.421. The minimum Gasteiger partial charge on any atom is -0.503 e. The second kappa shape index (κ2) is 4.35. The van der Waals surface area contributed by atoms with Gasteiger partial charge in [-0.2, -0.15) is 0 Å². The summed E-state index contributed by atoms with van der Waals surface area (Å²) >= 11 is 5.14. The first-order valence-electron chi connectivity index (χ1n) is 2.62. The molecule has 0 spiro atoms. The molecule has 10 heavy (non-hydrogen) atoms. The highest BCUT2D eigenvalue weighted by atomic mass is 35.5. The molecule has 0 N–H and O–H groups in total. The zero-order chi connectivity index (χ0) is 8.15. The van der Waals surface area contributed by atoms with Gasteiger partial charge in [0, 0.05) is 0 Å². The van der Waals surface area contributed by atoms with E-state index in [4.69, 9.17) is 16.3 Å². The van der Waals surface area contributed by atoms with Crippen molar-refractivity contribution in [3.8, 4) is 0 Å². The molecule has 0 radical (unpaired) electrons. The number of hydrogen-bond donors (Lipinski definition) is 0. The molecular weight excluding hydrogens is 172 g/mol. The van der Waals surface area contributed by atoms with Crippen molar-refractivity contribution in [3.63, 3.8) is 0 Å². The van der Waals surface area contributed by atoms with Gasteiger partial charge in [-0.1, -0.05) is 0 Å². The molecule has 0 aromatic rings. The average Bonchev–Trinajstić information content (AvgIpc) is 1.88. The number of methoxy groups -OCH3 is 2. The summed E-state index contributed by atoms with van der Waals surface area (Å²) in [5.74, 6) is 0.107. The fourth-order valence-electron chi connectivity index (χ4n) is 0.455. The number of carbonyl (C=O) groups is 1. The third-order valence-electron chi connectivity index (χ3n) is 1.01. The number of halogens is 1. The van der Waals surface area contributed by atoms with Crippen LogP contribution in [0.1, 0.15) is 0 Å². The van der Waals surface area contributed by atoms with Crippen LogP contribution in [0.2, 0.25) is 0 Å². The van der Waals surface area contributed by atoms with Crippen molar-refractivity contribution in [3.05, 3.63) is 11.1 Å². The maximum Gasteiger partial charge on any atom is 0.290 e. The van der Waals surface area contributed by atoms with E-state index in [0.29, 0.717) is 15.6 Å². The summed E-state index contributed by atoms with van der Waals surface area (Å²) in [6.45, 7) is 0. The fourth-order valence-corrected chi connectivity index (χ4v) is 1.25. The van der Waals surface area contributed by atoms with E-state index in [2.05, 4.69) is 4.74 Å². The lowest BCUT2D eigenvalue weighted by atomic mass is 10.6. The Morgan fingerprint density at radius 2 is 1.90 bits per heavy atom. The summed E-state index contributed by atoms with van der Waals surface area (Å²) in [6.07, 6.45) is 0. The number of ether oxygens (including phenoxy) is 2. The van der Waals surface area contributed by atoms with E-state index >= 15 is 0 Å². The topological polar surface area (TPSA) is 35.5 Å². The third kappa shape index (κ3) is 2.41. The minimum absolute atomic E-state index is 0.107. The molecule has 0 aromatic heterocycles. The molecule has 58 valence electrons. The zero-order valence-electron chi connectivity index (χ0n) is 6.10. The average molecular weight is 181 g/mol. The maximum absolute atomic E-state index is 10.5. The van der Waals surface area contributed by atoms with Crippen molar-refractivity contribution < 1.29 is 14.3 Å². The monoisotopic (exact) mass is 180 g/mol. The molecule has 0 unspecified atom stereocenters. The summed E-state index contributed by atoms with van der Waals surface area (Å²) in [6, 6.07) is 0. The van der Waals surface area contributed by atoms with E-state index in [0.717, 1.165) is 0 Å². The second-order valence-corrected chi connectivity index (χ2v) is 2.82. The van der Waals surface area contributed by atoms with Crippen molar-refractivity contribution in [2.24, 2.45) is 0 Å². The second-order valence-electron chi connectivity index (χ2n) is 1.57. The Kier molecular flexibility index (Phi) is 4.14. The maximum atomic E-state index is 10.5. The van der Waals surface area contributed by atoms with Gasteiger partial charge in [0.25, 0.3) is 5.24 Å². The summed E-state index contributed by atoms with van der Waals surface area (Å²) in [4.78, 5) is 10.5. The molecule has 0 saturated heterocycles. The first kappa shape index (κ1) is 9.52. The zero-order valence-corrected chi connectivity index (χ0v) is 8.86.